The van der Waals surface area contributed by atoms with Crippen molar-refractivity contribution in [2.45, 2.75) is 12.2 Å². The highest BCUT2D eigenvalue weighted by Crippen LogP contribution is 2.45. The molecule has 20 nitrogen and oxygen atoms in total. The standard InChI is InChI=1S/C22H26N6O5S.C21H25N5O4S/c1-31-19-16(33-12-14(29)11-27-6-8-32-9-7-27)3-2-15-18(19)25-22(28-5-4-24-20(15)28)26-21(30)17-10-23-13-34-17;1-28-18-16(30-13-14(27)12-25-7-9-29-10-8-25)3-2-15-17(18)24-20(21-23-5-11-31-21)26-6-4-22-19(15)26/h2-3,10,13-14,29H,4-9,11-12H2,1H3,(H,25,26,30);2-3,5,11,14,27H,4,6-10,12-13H2,1H3/t;14-/m.1/s1. The zero-order valence-corrected chi connectivity index (χ0v) is 37.8. The van der Waals surface area contributed by atoms with E-state index in [0.717, 1.165) is 66.4 Å². The zero-order valence-electron chi connectivity index (χ0n) is 36.1. The first-order chi connectivity index (χ1) is 31.9. The van der Waals surface area contributed by atoms with Gasteiger partial charge in [0.15, 0.2) is 33.8 Å². The first kappa shape index (κ1) is 44.6. The summed E-state index contributed by atoms with van der Waals surface area (Å²) in [5, 5.41) is 26.6. The van der Waals surface area contributed by atoms with Gasteiger partial charge in [0, 0.05) is 75.1 Å². The van der Waals surface area contributed by atoms with Crippen LogP contribution in [0.4, 0.5) is 11.4 Å². The van der Waals surface area contributed by atoms with E-state index >= 15 is 0 Å². The van der Waals surface area contributed by atoms with E-state index in [2.05, 4.69) is 40.0 Å². The number of carbonyl (C=O) groups is 1. The predicted octanol–water partition coefficient (Wildman–Crippen LogP) is 2.09. The summed E-state index contributed by atoms with van der Waals surface area (Å²) < 4.78 is 34.0. The minimum Gasteiger partial charge on any atom is -0.491 e. The maximum Gasteiger partial charge on any atom is 0.269 e. The number of nitrogens with one attached hydrogen (secondary N) is 1. The SMILES string of the molecule is COc1c(OCC(O)CN2CCOCC2)ccc2c1N=C(NC(=O)c1cncs1)N1CCN=C21.COc1c(OC[C@H](O)CN2CCOCC2)ccc2c1N=C(c1nccs1)N1CCN=C21. The molecule has 6 aliphatic heterocycles. The highest BCUT2D eigenvalue weighted by molar-refractivity contribution is 7.12. The number of guanidine groups is 1. The third kappa shape index (κ3) is 9.99. The molecule has 0 bridgehead atoms. The summed E-state index contributed by atoms with van der Waals surface area (Å²) in [4.78, 5) is 48.8. The second-order valence-electron chi connectivity index (χ2n) is 15.5. The van der Waals surface area contributed by atoms with Crippen LogP contribution in [0.5, 0.6) is 23.0 Å². The van der Waals surface area contributed by atoms with Crippen LogP contribution < -0.4 is 24.3 Å². The molecular weight excluding hydrogens is 879 g/mol. The lowest BCUT2D eigenvalue weighted by Crippen LogP contribution is -2.47. The summed E-state index contributed by atoms with van der Waals surface area (Å²) in [5.74, 6) is 4.46. The number of ether oxygens (including phenoxy) is 6. The molecule has 4 aromatic rings. The average Bonchev–Trinajstić information content (AvgIpc) is 4.19. The van der Waals surface area contributed by atoms with Crippen LogP contribution in [-0.2, 0) is 9.47 Å². The van der Waals surface area contributed by atoms with Crippen molar-refractivity contribution >= 4 is 63.4 Å². The van der Waals surface area contributed by atoms with Crippen molar-refractivity contribution < 1.29 is 43.4 Å². The van der Waals surface area contributed by atoms with Crippen molar-refractivity contribution in [3.8, 4) is 23.0 Å². The Morgan fingerprint density at radius 1 is 0.754 bits per heavy atom. The van der Waals surface area contributed by atoms with Gasteiger partial charge in [0.05, 0.1) is 65.4 Å². The normalized spacial score (nSPS) is 18.9. The molecule has 0 aliphatic carbocycles. The van der Waals surface area contributed by atoms with Crippen molar-refractivity contribution in [2.24, 2.45) is 20.0 Å². The molecule has 2 saturated heterocycles. The number of aromatic nitrogens is 2. The second-order valence-corrected chi connectivity index (χ2v) is 17.3. The maximum atomic E-state index is 12.7. The van der Waals surface area contributed by atoms with Crippen molar-refractivity contribution in [1.82, 2.24) is 34.9 Å². The van der Waals surface area contributed by atoms with Crippen LogP contribution in [0, 0.1) is 0 Å². The summed E-state index contributed by atoms with van der Waals surface area (Å²) in [6, 6.07) is 7.50. The van der Waals surface area contributed by atoms with Crippen LogP contribution in [0.25, 0.3) is 0 Å². The maximum absolute atomic E-state index is 12.7. The van der Waals surface area contributed by atoms with Crippen LogP contribution in [0.1, 0.15) is 25.8 Å². The number of methoxy groups -OCH3 is 2. The molecule has 0 saturated carbocycles. The number of thiazole rings is 2. The van der Waals surface area contributed by atoms with E-state index in [4.69, 9.17) is 38.4 Å². The van der Waals surface area contributed by atoms with Crippen molar-refractivity contribution in [3.05, 3.63) is 68.6 Å². The number of hydrogen-bond acceptors (Lipinski definition) is 21. The van der Waals surface area contributed by atoms with Crippen molar-refractivity contribution in [2.75, 3.05) is 119 Å². The molecule has 1 amide bonds. The summed E-state index contributed by atoms with van der Waals surface area (Å²) in [6.45, 7) is 10.0. The molecule has 10 rings (SSSR count). The van der Waals surface area contributed by atoms with E-state index in [-0.39, 0.29) is 19.1 Å². The van der Waals surface area contributed by atoms with E-state index in [9.17, 15) is 15.0 Å². The fourth-order valence-corrected chi connectivity index (χ4v) is 9.28. The second kappa shape index (κ2) is 20.7. The Hall–Kier alpha value is -5.59. The Kier molecular flexibility index (Phi) is 14.2. The molecule has 0 radical (unpaired) electrons. The van der Waals surface area contributed by atoms with Gasteiger partial charge in [0.2, 0.25) is 5.96 Å². The van der Waals surface area contributed by atoms with Gasteiger partial charge in [-0.05, 0) is 24.3 Å². The number of amidine groups is 3. The molecule has 344 valence electrons. The summed E-state index contributed by atoms with van der Waals surface area (Å²) >= 11 is 2.80. The molecule has 22 heteroatoms. The third-order valence-electron chi connectivity index (χ3n) is 11.2. The lowest BCUT2D eigenvalue weighted by molar-refractivity contribution is 0.00432. The number of aliphatic hydroxyl groups is 2. The van der Waals surface area contributed by atoms with Crippen LogP contribution in [0.15, 0.2) is 67.5 Å². The lowest BCUT2D eigenvalue weighted by atomic mass is 10.1. The van der Waals surface area contributed by atoms with Gasteiger partial charge in [-0.25, -0.2) is 15.0 Å². The Bertz CT molecular complexity index is 2420. The number of morpholine rings is 2. The quantitative estimate of drug-likeness (QED) is 0.165. The minimum absolute atomic E-state index is 0.109. The van der Waals surface area contributed by atoms with Gasteiger partial charge in [-0.2, -0.15) is 0 Å². The number of fused-ring (bicyclic) bond motifs is 6. The molecular formula is C43H51N11O9S2. The fourth-order valence-electron chi connectivity index (χ4n) is 8.13. The molecule has 8 heterocycles. The summed E-state index contributed by atoms with van der Waals surface area (Å²) in [5.41, 5.74) is 4.53. The van der Waals surface area contributed by atoms with E-state index < -0.39 is 12.2 Å². The monoisotopic (exact) mass is 929 g/mol. The van der Waals surface area contributed by atoms with Crippen LogP contribution in [0.3, 0.4) is 0 Å². The van der Waals surface area contributed by atoms with E-state index in [1.807, 2.05) is 28.5 Å². The zero-order chi connectivity index (χ0) is 44.7. The third-order valence-corrected chi connectivity index (χ3v) is 12.8. The van der Waals surface area contributed by atoms with Crippen LogP contribution in [-0.4, -0.2) is 201 Å². The van der Waals surface area contributed by atoms with E-state index in [1.54, 1.807) is 43.3 Å². The molecule has 2 aromatic heterocycles. The summed E-state index contributed by atoms with van der Waals surface area (Å²) in [7, 11) is 3.15. The molecule has 6 aliphatic rings. The van der Waals surface area contributed by atoms with Crippen molar-refractivity contribution in [3.63, 3.8) is 0 Å². The van der Waals surface area contributed by atoms with Gasteiger partial charge in [-0.15, -0.1) is 22.7 Å². The fraction of sp³-hybridized carbons (Fsp3) is 0.465. The molecule has 2 aromatic carbocycles. The van der Waals surface area contributed by atoms with Gasteiger partial charge in [-0.3, -0.25) is 39.8 Å². The highest BCUT2D eigenvalue weighted by atomic mass is 32.1. The number of carbonyl (C=O) groups excluding carboxylic acids is 1. The largest absolute Gasteiger partial charge is 0.491 e. The van der Waals surface area contributed by atoms with Gasteiger partial charge in [0.1, 0.15) is 53.3 Å². The number of β-amino-alcohol motifs (C(OH)–C–C–N with tert-alkyl or cyclic N) is 2. The smallest absolute Gasteiger partial charge is 0.269 e. The number of aliphatic hydroxyl groups excluding tert-OH is 2. The topological polar surface area (TPSA) is 213 Å². The molecule has 3 N–H and O–H groups in total. The first-order valence-corrected chi connectivity index (χ1v) is 23.2. The predicted molar refractivity (Wildman–Crippen MR) is 245 cm³/mol. The Balaban J connectivity index is 0.000000165. The van der Waals surface area contributed by atoms with Gasteiger partial charge >= 0.3 is 0 Å². The Morgan fingerprint density at radius 3 is 1.86 bits per heavy atom. The molecule has 2 fully saturated rings. The molecule has 65 heavy (non-hydrogen) atoms. The number of aliphatic imine (C=N–C) groups is 4. The van der Waals surface area contributed by atoms with Crippen LogP contribution >= 0.6 is 22.7 Å². The number of rotatable bonds is 14. The van der Waals surface area contributed by atoms with Gasteiger partial charge < -0.3 is 43.5 Å². The molecule has 0 spiro atoms. The van der Waals surface area contributed by atoms with Crippen LogP contribution in [0.2, 0.25) is 0 Å². The number of nitrogens with zero attached hydrogens (tertiary/aromatic N) is 10. The number of benzene rings is 2. The minimum atomic E-state index is -0.661. The Labute approximate surface area is 383 Å². The van der Waals surface area contributed by atoms with E-state index in [1.165, 1.54) is 17.5 Å². The Morgan fingerprint density at radius 2 is 1.32 bits per heavy atom. The summed E-state index contributed by atoms with van der Waals surface area (Å²) in [6.07, 6.45) is 2.03. The van der Waals surface area contributed by atoms with Crippen molar-refractivity contribution in [1.29, 1.82) is 0 Å². The van der Waals surface area contributed by atoms with Gasteiger partial charge in [-0.1, -0.05) is 0 Å². The molecule has 1 unspecified atom stereocenters. The molecule has 2 atom stereocenters. The highest BCUT2D eigenvalue weighted by Gasteiger charge is 2.35. The average molecular weight is 930 g/mol. The van der Waals surface area contributed by atoms with Gasteiger partial charge in [0.25, 0.3) is 5.91 Å². The number of hydrogen-bond donors (Lipinski definition) is 3. The van der Waals surface area contributed by atoms with E-state index in [0.29, 0.717) is 104 Å². The first-order valence-electron chi connectivity index (χ1n) is 21.4. The number of amides is 1. The lowest BCUT2D eigenvalue weighted by Gasteiger charge is -2.29.